The van der Waals surface area contributed by atoms with Crippen molar-refractivity contribution in [1.29, 1.82) is 0 Å². The monoisotopic (exact) mass is 365 g/mol. The molecular weight excluding hydrogens is 338 g/mol. The van der Waals surface area contributed by atoms with Gasteiger partial charge in [-0.15, -0.1) is 22.7 Å². The van der Waals surface area contributed by atoms with Crippen LogP contribution in [0.25, 0.3) is 0 Å². The summed E-state index contributed by atoms with van der Waals surface area (Å²) in [5, 5.41) is 11.0. The maximum absolute atomic E-state index is 4.69. The fourth-order valence-electron chi connectivity index (χ4n) is 2.05. The predicted octanol–water partition coefficient (Wildman–Crippen LogP) is 3.42. The molecule has 0 amide bonds. The van der Waals surface area contributed by atoms with Crippen LogP contribution < -0.4 is 10.6 Å². The van der Waals surface area contributed by atoms with Crippen molar-refractivity contribution < 1.29 is 0 Å². The van der Waals surface area contributed by atoms with Gasteiger partial charge < -0.3 is 10.6 Å². The zero-order valence-corrected chi connectivity index (χ0v) is 17.0. The van der Waals surface area contributed by atoms with Gasteiger partial charge in [0.1, 0.15) is 5.01 Å². The van der Waals surface area contributed by atoms with E-state index in [4.69, 9.17) is 4.98 Å². The van der Waals surface area contributed by atoms with Crippen LogP contribution >= 0.6 is 22.7 Å². The highest BCUT2D eigenvalue weighted by Crippen LogP contribution is 2.23. The van der Waals surface area contributed by atoms with E-state index in [1.807, 2.05) is 0 Å². The largest absolute Gasteiger partial charge is 0.356 e. The van der Waals surface area contributed by atoms with E-state index in [-0.39, 0.29) is 5.41 Å². The number of guanidine groups is 1. The quantitative estimate of drug-likeness (QED) is 0.629. The second kappa shape index (κ2) is 8.07. The van der Waals surface area contributed by atoms with Gasteiger partial charge in [0, 0.05) is 35.7 Å². The Morgan fingerprint density at radius 1 is 1.17 bits per heavy atom. The predicted molar refractivity (Wildman–Crippen MR) is 104 cm³/mol. The lowest BCUT2D eigenvalue weighted by atomic mass is 9.93. The van der Waals surface area contributed by atoms with Crippen LogP contribution in [0.2, 0.25) is 0 Å². The molecule has 2 rings (SSSR count). The number of aryl methyl sites for hydroxylation is 2. The molecule has 2 aromatic heterocycles. The Bertz CT molecular complexity index is 675. The van der Waals surface area contributed by atoms with Crippen LogP contribution in [0.15, 0.2) is 10.4 Å². The van der Waals surface area contributed by atoms with E-state index >= 15 is 0 Å². The average molecular weight is 366 g/mol. The maximum Gasteiger partial charge on any atom is 0.191 e. The Morgan fingerprint density at radius 3 is 2.46 bits per heavy atom. The zero-order valence-electron chi connectivity index (χ0n) is 15.4. The Morgan fingerprint density at radius 2 is 1.92 bits per heavy atom. The Labute approximate surface area is 152 Å². The first-order chi connectivity index (χ1) is 11.3. The smallest absolute Gasteiger partial charge is 0.191 e. The SMILES string of the molecule is CN=C(NCCc1nc(C)c(C)s1)NCc1nc(C(C)(C)C)cs1. The Kier molecular flexibility index (Phi) is 6.34. The van der Waals surface area contributed by atoms with Gasteiger partial charge in [0.25, 0.3) is 0 Å². The topological polar surface area (TPSA) is 62.2 Å². The van der Waals surface area contributed by atoms with Gasteiger partial charge in [0.05, 0.1) is 22.9 Å². The van der Waals surface area contributed by atoms with Crippen molar-refractivity contribution in [2.45, 2.75) is 53.0 Å². The Hall–Kier alpha value is -1.47. The molecule has 0 bridgehead atoms. The van der Waals surface area contributed by atoms with Gasteiger partial charge in [-0.05, 0) is 13.8 Å². The molecule has 0 atom stereocenters. The number of aromatic nitrogens is 2. The molecule has 24 heavy (non-hydrogen) atoms. The van der Waals surface area contributed by atoms with Gasteiger partial charge in [0.2, 0.25) is 0 Å². The highest BCUT2D eigenvalue weighted by atomic mass is 32.1. The van der Waals surface area contributed by atoms with E-state index in [0.717, 1.165) is 35.3 Å². The molecule has 0 spiro atoms. The van der Waals surface area contributed by atoms with Gasteiger partial charge in [-0.1, -0.05) is 20.8 Å². The third kappa shape index (κ3) is 5.27. The molecule has 0 aliphatic carbocycles. The molecule has 0 aromatic carbocycles. The third-order valence-electron chi connectivity index (χ3n) is 3.65. The zero-order chi connectivity index (χ0) is 17.7. The van der Waals surface area contributed by atoms with Crippen LogP contribution in [0.5, 0.6) is 0 Å². The molecule has 2 aromatic rings. The molecule has 132 valence electrons. The summed E-state index contributed by atoms with van der Waals surface area (Å²) in [6, 6.07) is 0. The Balaban J connectivity index is 1.79. The van der Waals surface area contributed by atoms with Crippen molar-refractivity contribution >= 4 is 28.6 Å². The van der Waals surface area contributed by atoms with E-state index in [1.54, 1.807) is 29.7 Å². The van der Waals surface area contributed by atoms with Crippen molar-refractivity contribution in [3.63, 3.8) is 0 Å². The van der Waals surface area contributed by atoms with Crippen molar-refractivity contribution in [2.24, 2.45) is 4.99 Å². The number of rotatable bonds is 5. The van der Waals surface area contributed by atoms with E-state index in [1.165, 1.54) is 9.88 Å². The molecule has 0 unspecified atom stereocenters. The highest BCUT2D eigenvalue weighted by Gasteiger charge is 2.17. The van der Waals surface area contributed by atoms with Crippen LogP contribution in [0, 0.1) is 13.8 Å². The molecule has 0 fully saturated rings. The summed E-state index contributed by atoms with van der Waals surface area (Å²) in [6.45, 7) is 12.2. The highest BCUT2D eigenvalue weighted by molar-refractivity contribution is 7.11. The maximum atomic E-state index is 4.69. The number of nitrogens with one attached hydrogen (secondary N) is 2. The van der Waals surface area contributed by atoms with Gasteiger partial charge in [0.15, 0.2) is 5.96 Å². The van der Waals surface area contributed by atoms with Gasteiger partial charge in [-0.3, -0.25) is 4.99 Å². The van der Waals surface area contributed by atoms with E-state index < -0.39 is 0 Å². The second-order valence-electron chi connectivity index (χ2n) is 6.73. The second-order valence-corrected chi connectivity index (χ2v) is 8.96. The number of hydrogen-bond acceptors (Lipinski definition) is 5. The fourth-order valence-corrected chi connectivity index (χ4v) is 3.94. The molecule has 7 heteroatoms. The van der Waals surface area contributed by atoms with Crippen LogP contribution in [-0.2, 0) is 18.4 Å². The average Bonchev–Trinajstić information content (AvgIpc) is 3.10. The number of aliphatic imine (C=N–C) groups is 1. The molecule has 2 heterocycles. The summed E-state index contributed by atoms with van der Waals surface area (Å²) in [6.07, 6.45) is 0.908. The standard InChI is InChI=1S/C17H27N5S2/c1-11-12(2)24-14(21-11)7-8-19-16(18-6)20-9-15-22-13(10-23-15)17(3,4)5/h10H,7-9H2,1-6H3,(H2,18,19,20). The first-order valence-electron chi connectivity index (χ1n) is 8.12. The van der Waals surface area contributed by atoms with Crippen molar-refractivity contribution in [3.05, 3.63) is 31.7 Å². The minimum Gasteiger partial charge on any atom is -0.356 e. The first kappa shape index (κ1) is 18.9. The van der Waals surface area contributed by atoms with Gasteiger partial charge in [-0.2, -0.15) is 0 Å². The van der Waals surface area contributed by atoms with E-state index in [0.29, 0.717) is 6.54 Å². The first-order valence-corrected chi connectivity index (χ1v) is 9.81. The molecule has 0 saturated heterocycles. The van der Waals surface area contributed by atoms with Crippen LogP contribution in [0.3, 0.4) is 0 Å². The molecule has 2 N–H and O–H groups in total. The van der Waals surface area contributed by atoms with E-state index in [2.05, 4.69) is 60.6 Å². The lowest BCUT2D eigenvalue weighted by molar-refractivity contribution is 0.570. The summed E-state index contributed by atoms with van der Waals surface area (Å²) < 4.78 is 0. The van der Waals surface area contributed by atoms with Crippen molar-refractivity contribution in [3.8, 4) is 0 Å². The lowest BCUT2D eigenvalue weighted by Crippen LogP contribution is -2.37. The van der Waals surface area contributed by atoms with Gasteiger partial charge >= 0.3 is 0 Å². The number of hydrogen-bond donors (Lipinski definition) is 2. The normalized spacial score (nSPS) is 12.5. The molecule has 0 saturated carbocycles. The van der Waals surface area contributed by atoms with E-state index in [9.17, 15) is 0 Å². The number of nitrogens with zero attached hydrogens (tertiary/aromatic N) is 3. The minimum absolute atomic E-state index is 0.0959. The fraction of sp³-hybridized carbons (Fsp3) is 0.588. The summed E-state index contributed by atoms with van der Waals surface area (Å²) in [5.74, 6) is 0.799. The van der Waals surface area contributed by atoms with Crippen LogP contribution in [-0.4, -0.2) is 29.5 Å². The summed E-state index contributed by atoms with van der Waals surface area (Å²) in [7, 11) is 1.79. The molecule has 0 aliphatic rings. The van der Waals surface area contributed by atoms with Crippen LogP contribution in [0.1, 0.15) is 47.1 Å². The third-order valence-corrected chi connectivity index (χ3v) is 5.64. The van der Waals surface area contributed by atoms with Gasteiger partial charge in [-0.25, -0.2) is 9.97 Å². The van der Waals surface area contributed by atoms with Crippen molar-refractivity contribution in [1.82, 2.24) is 20.6 Å². The van der Waals surface area contributed by atoms with Crippen LogP contribution in [0.4, 0.5) is 0 Å². The molecule has 0 radical (unpaired) electrons. The lowest BCUT2D eigenvalue weighted by Gasteiger charge is -2.14. The minimum atomic E-state index is 0.0959. The summed E-state index contributed by atoms with van der Waals surface area (Å²) in [4.78, 5) is 14.8. The summed E-state index contributed by atoms with van der Waals surface area (Å²) in [5.41, 5.74) is 2.37. The molecule has 0 aliphatic heterocycles. The summed E-state index contributed by atoms with van der Waals surface area (Å²) >= 11 is 3.46. The molecule has 5 nitrogen and oxygen atoms in total. The number of thiazole rings is 2. The molecular formula is C17H27N5S2. The van der Waals surface area contributed by atoms with Crippen molar-refractivity contribution in [2.75, 3.05) is 13.6 Å².